The highest BCUT2D eigenvalue weighted by atomic mass is 16.6. The van der Waals surface area contributed by atoms with Crippen LogP contribution in [-0.4, -0.2) is 60.7 Å². The first-order chi connectivity index (χ1) is 11.9. The summed E-state index contributed by atoms with van der Waals surface area (Å²) in [6.07, 6.45) is -3.52. The van der Waals surface area contributed by atoms with Crippen LogP contribution >= 0.6 is 0 Å². The molecular weight excluding hydrogens is 350 g/mol. The van der Waals surface area contributed by atoms with Crippen LogP contribution in [0.15, 0.2) is 0 Å². The summed E-state index contributed by atoms with van der Waals surface area (Å²) in [4.78, 5) is 56.8. The zero-order chi connectivity index (χ0) is 20.4. The van der Waals surface area contributed by atoms with Gasteiger partial charge in [0, 0.05) is 34.6 Å². The minimum absolute atomic E-state index is 0.350. The molecule has 0 aliphatic heterocycles. The van der Waals surface area contributed by atoms with Crippen molar-refractivity contribution >= 4 is 29.8 Å². The van der Waals surface area contributed by atoms with E-state index in [4.69, 9.17) is 18.9 Å². The van der Waals surface area contributed by atoms with Gasteiger partial charge in [-0.1, -0.05) is 0 Å². The lowest BCUT2D eigenvalue weighted by Gasteiger charge is -2.34. The Balaban J connectivity index is 5.80. The summed E-state index contributed by atoms with van der Waals surface area (Å²) >= 11 is 0. The fourth-order valence-corrected chi connectivity index (χ4v) is 2.21. The van der Waals surface area contributed by atoms with Crippen molar-refractivity contribution in [1.29, 1.82) is 0 Å². The van der Waals surface area contributed by atoms with Gasteiger partial charge < -0.3 is 24.3 Å². The highest BCUT2D eigenvalue weighted by molar-refractivity contribution is 5.74. The van der Waals surface area contributed by atoms with Crippen LogP contribution in [0, 0.1) is 0 Å². The van der Waals surface area contributed by atoms with E-state index in [0.29, 0.717) is 0 Å². The average molecular weight is 375 g/mol. The second kappa shape index (κ2) is 11.1. The van der Waals surface area contributed by atoms with Crippen LogP contribution in [0.25, 0.3) is 0 Å². The summed E-state index contributed by atoms with van der Waals surface area (Å²) in [5, 5.41) is 2.48. The predicted molar refractivity (Wildman–Crippen MR) is 86.6 cm³/mol. The molecule has 10 heteroatoms. The molecular formula is C16H25NO9. The second-order valence-corrected chi connectivity index (χ2v) is 5.57. The molecule has 4 unspecified atom stereocenters. The number of esters is 4. The van der Waals surface area contributed by atoms with E-state index in [1.54, 1.807) is 0 Å². The molecule has 0 saturated carbocycles. The van der Waals surface area contributed by atoms with E-state index >= 15 is 0 Å². The van der Waals surface area contributed by atoms with Gasteiger partial charge in [-0.25, -0.2) is 0 Å². The highest BCUT2D eigenvalue weighted by Gasteiger charge is 2.40. The Hall–Kier alpha value is -2.65. The topological polar surface area (TPSA) is 134 Å². The Morgan fingerprint density at radius 2 is 1.19 bits per heavy atom. The van der Waals surface area contributed by atoms with E-state index in [2.05, 4.69) is 5.32 Å². The number of nitrogens with one attached hydrogen (secondary N) is 1. The van der Waals surface area contributed by atoms with Crippen molar-refractivity contribution < 1.29 is 42.9 Å². The lowest BCUT2D eigenvalue weighted by molar-refractivity contribution is -0.186. The van der Waals surface area contributed by atoms with Crippen molar-refractivity contribution in [2.45, 2.75) is 65.9 Å². The maximum Gasteiger partial charge on any atom is 0.303 e. The monoisotopic (exact) mass is 375 g/mol. The first kappa shape index (κ1) is 23.4. The Morgan fingerprint density at radius 3 is 1.58 bits per heavy atom. The standard InChI is InChI=1S/C16H25NO9/c1-8(24-11(4)20)15(25-12(5)21)16(26-13(6)22)14(17-9(2)18)7-23-10(3)19/h8,14-16H,7H2,1-6H3,(H,17,18). The molecule has 1 N–H and O–H groups in total. The van der Waals surface area contributed by atoms with Gasteiger partial charge in [-0.3, -0.25) is 24.0 Å². The van der Waals surface area contributed by atoms with Crippen molar-refractivity contribution in [2.24, 2.45) is 0 Å². The summed E-state index contributed by atoms with van der Waals surface area (Å²) < 4.78 is 20.3. The largest absolute Gasteiger partial charge is 0.464 e. The molecule has 26 heavy (non-hydrogen) atoms. The molecule has 0 rings (SSSR count). The molecule has 0 radical (unpaired) electrons. The maximum atomic E-state index is 11.5. The van der Waals surface area contributed by atoms with Crippen molar-refractivity contribution in [3.8, 4) is 0 Å². The molecule has 148 valence electrons. The summed E-state index contributed by atoms with van der Waals surface area (Å²) in [6, 6.07) is -1.04. The van der Waals surface area contributed by atoms with Crippen molar-refractivity contribution in [2.75, 3.05) is 6.61 Å². The van der Waals surface area contributed by atoms with Crippen molar-refractivity contribution in [1.82, 2.24) is 5.32 Å². The molecule has 10 nitrogen and oxygen atoms in total. The van der Waals surface area contributed by atoms with Gasteiger partial charge in [0.2, 0.25) is 5.91 Å². The number of rotatable bonds is 9. The normalized spacial score (nSPS) is 14.8. The molecule has 0 aliphatic carbocycles. The first-order valence-electron chi connectivity index (χ1n) is 7.86. The van der Waals surface area contributed by atoms with Crippen LogP contribution < -0.4 is 5.32 Å². The Kier molecular flexibility index (Phi) is 9.93. The summed E-state index contributed by atoms with van der Waals surface area (Å²) in [5.41, 5.74) is 0. The molecule has 0 bridgehead atoms. The summed E-state index contributed by atoms with van der Waals surface area (Å²) in [5.74, 6) is -3.23. The lowest BCUT2D eigenvalue weighted by Crippen LogP contribution is -2.56. The van der Waals surface area contributed by atoms with Crippen LogP contribution in [0.3, 0.4) is 0 Å². The Bertz CT molecular complexity index is 546. The van der Waals surface area contributed by atoms with Crippen LogP contribution in [0.1, 0.15) is 41.5 Å². The fraction of sp³-hybridized carbons (Fsp3) is 0.688. The molecule has 0 aromatic heterocycles. The third-order valence-electron chi connectivity index (χ3n) is 2.99. The van der Waals surface area contributed by atoms with Gasteiger partial charge in [-0.05, 0) is 6.92 Å². The minimum atomic E-state index is -1.27. The smallest absolute Gasteiger partial charge is 0.303 e. The van der Waals surface area contributed by atoms with Gasteiger partial charge in [0.1, 0.15) is 18.8 Å². The minimum Gasteiger partial charge on any atom is -0.464 e. The lowest BCUT2D eigenvalue weighted by atomic mass is 10.0. The van der Waals surface area contributed by atoms with Crippen LogP contribution in [0.2, 0.25) is 0 Å². The van der Waals surface area contributed by atoms with E-state index in [0.717, 1.165) is 27.7 Å². The number of hydrogen-bond donors (Lipinski definition) is 1. The fourth-order valence-electron chi connectivity index (χ4n) is 2.21. The predicted octanol–water partition coefficient (Wildman–Crippen LogP) is -0.131. The van der Waals surface area contributed by atoms with E-state index in [-0.39, 0.29) is 6.61 Å². The zero-order valence-corrected chi connectivity index (χ0v) is 15.7. The van der Waals surface area contributed by atoms with Gasteiger partial charge >= 0.3 is 23.9 Å². The number of ether oxygens (including phenoxy) is 4. The molecule has 4 atom stereocenters. The number of amides is 1. The molecule has 1 amide bonds. The van der Waals surface area contributed by atoms with Gasteiger partial charge in [0.15, 0.2) is 12.2 Å². The third-order valence-corrected chi connectivity index (χ3v) is 2.99. The first-order valence-corrected chi connectivity index (χ1v) is 7.86. The van der Waals surface area contributed by atoms with E-state index < -0.39 is 54.1 Å². The highest BCUT2D eigenvalue weighted by Crippen LogP contribution is 2.17. The van der Waals surface area contributed by atoms with E-state index in [1.807, 2.05) is 0 Å². The second-order valence-electron chi connectivity index (χ2n) is 5.57. The van der Waals surface area contributed by atoms with Gasteiger partial charge in [-0.2, -0.15) is 0 Å². The summed E-state index contributed by atoms with van der Waals surface area (Å²) in [7, 11) is 0. The maximum absolute atomic E-state index is 11.5. The molecule has 0 fully saturated rings. The third kappa shape index (κ3) is 9.60. The quantitative estimate of drug-likeness (QED) is 0.432. The number of carbonyl (C=O) groups excluding carboxylic acids is 5. The molecule has 0 spiro atoms. The molecule has 0 saturated heterocycles. The summed E-state index contributed by atoms with van der Waals surface area (Å²) in [6.45, 7) is 6.85. The molecule has 0 heterocycles. The van der Waals surface area contributed by atoms with Gasteiger partial charge in [0.25, 0.3) is 0 Å². The SMILES string of the molecule is CC(=O)NC(COC(C)=O)C(OC(C)=O)C(OC(C)=O)C(C)OC(C)=O. The van der Waals surface area contributed by atoms with Crippen LogP contribution in [0.4, 0.5) is 0 Å². The molecule has 0 aromatic carbocycles. The van der Waals surface area contributed by atoms with Gasteiger partial charge in [0.05, 0.1) is 0 Å². The molecule has 0 aliphatic rings. The van der Waals surface area contributed by atoms with Crippen LogP contribution in [-0.2, 0) is 42.9 Å². The van der Waals surface area contributed by atoms with E-state index in [9.17, 15) is 24.0 Å². The van der Waals surface area contributed by atoms with Crippen molar-refractivity contribution in [3.05, 3.63) is 0 Å². The Labute approximate surface area is 151 Å². The molecule has 0 aromatic rings. The zero-order valence-electron chi connectivity index (χ0n) is 15.7. The van der Waals surface area contributed by atoms with Crippen molar-refractivity contribution in [3.63, 3.8) is 0 Å². The van der Waals surface area contributed by atoms with Gasteiger partial charge in [-0.15, -0.1) is 0 Å². The number of hydrogen-bond acceptors (Lipinski definition) is 9. The number of carbonyl (C=O) groups is 5. The Morgan fingerprint density at radius 1 is 0.731 bits per heavy atom. The van der Waals surface area contributed by atoms with Crippen LogP contribution in [0.5, 0.6) is 0 Å². The average Bonchev–Trinajstić information content (AvgIpc) is 2.45. The van der Waals surface area contributed by atoms with E-state index in [1.165, 1.54) is 13.8 Å².